The minimum Gasteiger partial charge on any atom is -0.345 e. The lowest BCUT2D eigenvalue weighted by molar-refractivity contribution is -0.152. The summed E-state index contributed by atoms with van der Waals surface area (Å²) in [4.78, 5) is 30.8. The van der Waals surface area contributed by atoms with Crippen LogP contribution in [0.3, 0.4) is 0 Å². The Labute approximate surface area is 114 Å². The molecule has 100 valence electrons. The number of nitrogens with zero attached hydrogens (tertiary/aromatic N) is 3. The van der Waals surface area contributed by atoms with E-state index >= 15 is 0 Å². The van der Waals surface area contributed by atoms with Gasteiger partial charge in [0.1, 0.15) is 5.54 Å². The molecule has 1 N–H and O–H groups in total. The molecule has 0 unspecified atom stereocenters. The number of thiazole rings is 1. The maximum atomic E-state index is 12.0. The van der Waals surface area contributed by atoms with E-state index in [0.29, 0.717) is 6.54 Å². The van der Waals surface area contributed by atoms with E-state index in [0.717, 1.165) is 10.7 Å². The molecular formula is C12H14N4O2S. The van der Waals surface area contributed by atoms with E-state index in [1.54, 1.807) is 30.1 Å². The van der Waals surface area contributed by atoms with Crippen LogP contribution in [0.15, 0.2) is 17.8 Å². The summed E-state index contributed by atoms with van der Waals surface area (Å²) in [5, 5.41) is 4.56. The highest BCUT2D eigenvalue weighted by molar-refractivity contribution is 7.15. The largest absolute Gasteiger partial charge is 0.345 e. The van der Waals surface area contributed by atoms with Crippen molar-refractivity contribution in [1.82, 2.24) is 19.6 Å². The number of aromatic nitrogens is 2. The summed E-state index contributed by atoms with van der Waals surface area (Å²) in [6.07, 6.45) is 3.81. The van der Waals surface area contributed by atoms with E-state index in [9.17, 15) is 9.59 Å². The first-order valence-electron chi connectivity index (χ1n) is 5.98. The summed E-state index contributed by atoms with van der Waals surface area (Å²) >= 11 is 1.54. The van der Waals surface area contributed by atoms with Crippen LogP contribution in [0, 0.1) is 0 Å². The molecule has 7 heteroatoms. The fraction of sp³-hybridized carbons (Fsp3) is 0.417. The topological polar surface area (TPSA) is 66.7 Å². The molecule has 6 nitrogen and oxygen atoms in total. The minimum atomic E-state index is -0.841. The number of amides is 2. The molecular weight excluding hydrogens is 264 g/mol. The van der Waals surface area contributed by atoms with Crippen molar-refractivity contribution in [2.45, 2.75) is 25.9 Å². The van der Waals surface area contributed by atoms with Gasteiger partial charge in [-0.1, -0.05) is 0 Å². The lowest BCUT2D eigenvalue weighted by atomic mass is 9.98. The number of carbonyl (C=O) groups is 2. The van der Waals surface area contributed by atoms with Crippen molar-refractivity contribution in [3.63, 3.8) is 0 Å². The quantitative estimate of drug-likeness (QED) is 0.876. The van der Waals surface area contributed by atoms with Crippen molar-refractivity contribution in [2.24, 2.45) is 0 Å². The average molecular weight is 278 g/mol. The van der Waals surface area contributed by atoms with Crippen molar-refractivity contribution in [1.29, 1.82) is 0 Å². The molecule has 19 heavy (non-hydrogen) atoms. The van der Waals surface area contributed by atoms with E-state index in [2.05, 4.69) is 10.3 Å². The van der Waals surface area contributed by atoms with Gasteiger partial charge >= 0.3 is 0 Å². The van der Waals surface area contributed by atoms with Gasteiger partial charge in [-0.15, -0.1) is 11.3 Å². The molecule has 0 atom stereocenters. The maximum Gasteiger partial charge on any atom is 0.245 e. The Bertz CT molecular complexity index is 629. The highest BCUT2D eigenvalue weighted by atomic mass is 32.1. The number of hydrogen-bond donors (Lipinski definition) is 1. The first-order valence-corrected chi connectivity index (χ1v) is 6.86. The molecule has 2 aromatic heterocycles. The lowest BCUT2D eigenvalue weighted by Gasteiger charge is -2.40. The predicted molar refractivity (Wildman–Crippen MR) is 70.7 cm³/mol. The van der Waals surface area contributed by atoms with Crippen LogP contribution in [0.25, 0.3) is 4.96 Å². The predicted octanol–water partition coefficient (Wildman–Crippen LogP) is 0.633. The summed E-state index contributed by atoms with van der Waals surface area (Å²) in [5.74, 6) is -0.214. The van der Waals surface area contributed by atoms with Crippen molar-refractivity contribution in [3.05, 3.63) is 23.5 Å². The van der Waals surface area contributed by atoms with Gasteiger partial charge in [-0.05, 0) is 13.8 Å². The van der Waals surface area contributed by atoms with E-state index < -0.39 is 5.54 Å². The van der Waals surface area contributed by atoms with Crippen molar-refractivity contribution >= 4 is 28.1 Å². The zero-order valence-corrected chi connectivity index (χ0v) is 11.5. The summed E-state index contributed by atoms with van der Waals surface area (Å²) in [6.45, 7) is 3.91. The lowest BCUT2D eigenvalue weighted by Crippen LogP contribution is -2.63. The van der Waals surface area contributed by atoms with Gasteiger partial charge in [0.2, 0.25) is 11.8 Å². The molecule has 0 aromatic carbocycles. The van der Waals surface area contributed by atoms with Crippen LogP contribution in [0.5, 0.6) is 0 Å². The first kappa shape index (κ1) is 12.2. The Hall–Kier alpha value is -1.89. The zero-order chi connectivity index (χ0) is 13.6. The van der Waals surface area contributed by atoms with Gasteiger partial charge in [0.25, 0.3) is 0 Å². The number of carbonyl (C=O) groups excluding carboxylic acids is 2. The van der Waals surface area contributed by atoms with Crippen LogP contribution < -0.4 is 5.32 Å². The fourth-order valence-corrected chi connectivity index (χ4v) is 2.92. The molecule has 2 amide bonds. The van der Waals surface area contributed by atoms with Gasteiger partial charge in [-0.25, -0.2) is 4.98 Å². The third-order valence-corrected chi connectivity index (χ3v) is 4.17. The Kier molecular flexibility index (Phi) is 2.60. The standard InChI is InChI=1S/C12H14N4O2S/c1-12(2)10(18)13-5-9(17)16(12)7-8-6-15-3-4-19-11(15)14-8/h3-4,6H,5,7H2,1-2H3,(H,13,18). The fourth-order valence-electron chi connectivity index (χ4n) is 2.20. The second-order valence-electron chi connectivity index (χ2n) is 5.05. The molecule has 0 aliphatic carbocycles. The Morgan fingerprint density at radius 1 is 1.47 bits per heavy atom. The Morgan fingerprint density at radius 3 is 3.00 bits per heavy atom. The molecule has 0 bridgehead atoms. The van der Waals surface area contributed by atoms with E-state index in [-0.39, 0.29) is 18.4 Å². The third-order valence-electron chi connectivity index (χ3n) is 3.39. The van der Waals surface area contributed by atoms with E-state index in [1.807, 2.05) is 22.2 Å². The summed E-state index contributed by atoms with van der Waals surface area (Å²) in [5.41, 5.74) is -0.0465. The highest BCUT2D eigenvalue weighted by Crippen LogP contribution is 2.22. The summed E-state index contributed by atoms with van der Waals surface area (Å²) < 4.78 is 1.92. The van der Waals surface area contributed by atoms with Crippen LogP contribution >= 0.6 is 11.3 Å². The molecule has 2 aromatic rings. The maximum absolute atomic E-state index is 12.0. The normalized spacial score (nSPS) is 18.9. The van der Waals surface area contributed by atoms with Gasteiger partial charge in [0, 0.05) is 17.8 Å². The third kappa shape index (κ3) is 1.90. The van der Waals surface area contributed by atoms with Crippen LogP contribution in [-0.2, 0) is 16.1 Å². The summed E-state index contributed by atoms with van der Waals surface area (Å²) in [6, 6.07) is 0. The second-order valence-corrected chi connectivity index (χ2v) is 5.92. The molecule has 0 radical (unpaired) electrons. The van der Waals surface area contributed by atoms with Crippen molar-refractivity contribution in [3.8, 4) is 0 Å². The number of piperazine rings is 1. The van der Waals surface area contributed by atoms with Gasteiger partial charge in [0.15, 0.2) is 4.96 Å². The molecule has 0 saturated carbocycles. The van der Waals surface area contributed by atoms with Gasteiger partial charge in [-0.3, -0.25) is 14.0 Å². The molecule has 1 saturated heterocycles. The van der Waals surface area contributed by atoms with Crippen molar-refractivity contribution in [2.75, 3.05) is 6.54 Å². The van der Waals surface area contributed by atoms with Crippen LogP contribution in [-0.4, -0.2) is 38.2 Å². The molecule has 1 aliphatic heterocycles. The molecule has 1 fully saturated rings. The van der Waals surface area contributed by atoms with Crippen molar-refractivity contribution < 1.29 is 9.59 Å². The molecule has 0 spiro atoms. The molecule has 3 heterocycles. The van der Waals surface area contributed by atoms with Crippen LogP contribution in [0.2, 0.25) is 0 Å². The Morgan fingerprint density at radius 2 is 2.26 bits per heavy atom. The molecule has 1 aliphatic rings. The molecule has 3 rings (SSSR count). The number of nitrogens with one attached hydrogen (secondary N) is 1. The minimum absolute atomic E-state index is 0.0600. The van der Waals surface area contributed by atoms with Crippen LogP contribution in [0.1, 0.15) is 19.5 Å². The highest BCUT2D eigenvalue weighted by Gasteiger charge is 2.41. The number of imidazole rings is 1. The second kappa shape index (κ2) is 4.06. The van der Waals surface area contributed by atoms with Gasteiger partial charge in [-0.2, -0.15) is 0 Å². The Balaban J connectivity index is 1.90. The van der Waals surface area contributed by atoms with E-state index in [4.69, 9.17) is 0 Å². The number of rotatable bonds is 2. The van der Waals surface area contributed by atoms with Gasteiger partial charge < -0.3 is 10.2 Å². The average Bonchev–Trinajstić information content (AvgIpc) is 2.90. The smallest absolute Gasteiger partial charge is 0.245 e. The number of fused-ring (bicyclic) bond motifs is 1. The first-order chi connectivity index (χ1) is 8.98. The monoisotopic (exact) mass is 278 g/mol. The number of hydrogen-bond acceptors (Lipinski definition) is 4. The summed E-state index contributed by atoms with van der Waals surface area (Å²) in [7, 11) is 0. The van der Waals surface area contributed by atoms with E-state index in [1.165, 1.54) is 0 Å². The zero-order valence-electron chi connectivity index (χ0n) is 10.7. The SMILES string of the molecule is CC1(C)C(=O)NCC(=O)N1Cc1cn2ccsc2n1. The van der Waals surface area contributed by atoms with Gasteiger partial charge in [0.05, 0.1) is 18.8 Å². The van der Waals surface area contributed by atoms with Crippen LogP contribution in [0.4, 0.5) is 0 Å².